The van der Waals surface area contributed by atoms with Crippen LogP contribution >= 0.6 is 12.2 Å². The van der Waals surface area contributed by atoms with Crippen LogP contribution in [0.4, 0.5) is 0 Å². The molecule has 0 rings (SSSR count). The Morgan fingerprint density at radius 3 is 2.29 bits per heavy atom. The Balaban J connectivity index is 0. The van der Waals surface area contributed by atoms with E-state index in [-0.39, 0.29) is 21.1 Å². The van der Waals surface area contributed by atoms with Crippen LogP contribution in [0, 0.1) is 6.92 Å². The molecule has 0 fully saturated rings. The fourth-order valence-electron chi connectivity index (χ4n) is 0.0677. The molecule has 0 N–H and O–H groups in total. The number of hydrogen-bond donors (Lipinski definition) is 0. The molecular weight excluding hydrogens is 277 g/mol. The van der Waals surface area contributed by atoms with Gasteiger partial charge in [0, 0.05) is 21.1 Å². The molecule has 1 unspecified atom stereocenters. The molecule has 1 nitrogen and oxygen atoms in total. The molecule has 0 aromatic rings. The first-order valence-electron chi connectivity index (χ1n) is 1.43. The molecule has 0 heterocycles. The quantitative estimate of drug-likeness (QED) is 0.293. The monoisotopic (exact) mass is 280 g/mol. The van der Waals surface area contributed by atoms with Gasteiger partial charge in [-0.05, 0) is 12.2 Å². The minimum absolute atomic E-state index is 0. The van der Waals surface area contributed by atoms with Gasteiger partial charge in [-0.15, -0.1) is 0 Å². The number of hydrogen-bond acceptors (Lipinski definition) is 2. The maximum atomic E-state index is 5.00. The third kappa shape index (κ3) is 10.8. The topological polar surface area (TPSA) is 12.4 Å². The zero-order valence-corrected chi connectivity index (χ0v) is 7.38. The third-order valence-corrected chi connectivity index (χ3v) is 0.324. The predicted octanol–water partition coefficient (Wildman–Crippen LogP) is 0.415. The maximum absolute atomic E-state index is 5.00. The summed E-state index contributed by atoms with van der Waals surface area (Å²) < 4.78 is 0. The van der Waals surface area contributed by atoms with E-state index in [0.717, 1.165) is 0 Å². The van der Waals surface area contributed by atoms with Gasteiger partial charge in [-0.25, -0.2) is 0 Å². The Morgan fingerprint density at radius 2 is 2.29 bits per heavy atom. The summed E-state index contributed by atoms with van der Waals surface area (Å²) in [6, 6.07) is 0. The normalized spacial score (nSPS) is 10.4. The predicted molar refractivity (Wildman–Crippen MR) is 29.9 cm³/mol. The molecule has 0 spiro atoms. The average Bonchev–Trinajstić information content (AvgIpc) is 1.35. The zero-order chi connectivity index (χ0) is 4.99. The summed E-state index contributed by atoms with van der Waals surface area (Å²) in [5.74, 6) is -0.442. The van der Waals surface area contributed by atoms with Crippen LogP contribution in [0.1, 0.15) is 0 Å². The zero-order valence-electron chi connectivity index (χ0n) is 3.63. The standard InChI is InChI=1S/C3H3BNS.W/c1-3(4)5-2-6;/h3H,1H2;/q-1;. The number of aliphatic imine (C=N–C) groups is 1. The maximum Gasteiger partial charge on any atom is 0.0570 e. The molecule has 0 bridgehead atoms. The van der Waals surface area contributed by atoms with Crippen molar-refractivity contribution >= 4 is 25.2 Å². The van der Waals surface area contributed by atoms with E-state index >= 15 is 0 Å². The third-order valence-electron chi connectivity index (χ3n) is 0.219. The van der Waals surface area contributed by atoms with Crippen LogP contribution in [0.25, 0.3) is 0 Å². The average molecular weight is 280 g/mol. The first kappa shape index (κ1) is 10.5. The van der Waals surface area contributed by atoms with Crippen molar-refractivity contribution in [1.82, 2.24) is 0 Å². The summed E-state index contributed by atoms with van der Waals surface area (Å²) in [6.07, 6.45) is 0. The number of isothiocyanates is 1. The molecule has 1 atom stereocenters. The van der Waals surface area contributed by atoms with Crippen molar-refractivity contribution in [3.63, 3.8) is 0 Å². The van der Waals surface area contributed by atoms with Crippen LogP contribution in [0.2, 0.25) is 0 Å². The van der Waals surface area contributed by atoms with E-state index in [4.69, 9.17) is 7.85 Å². The molecule has 0 saturated heterocycles. The number of thiocarbonyl (C=S) groups is 1. The van der Waals surface area contributed by atoms with E-state index in [1.54, 1.807) is 0 Å². The van der Waals surface area contributed by atoms with Crippen molar-refractivity contribution in [3.05, 3.63) is 6.92 Å². The molecule has 4 heteroatoms. The summed E-state index contributed by atoms with van der Waals surface area (Å²) in [7, 11) is 5.00. The molecule has 0 aliphatic carbocycles. The molecule has 7 heavy (non-hydrogen) atoms. The van der Waals surface area contributed by atoms with Crippen LogP contribution in [0.15, 0.2) is 4.99 Å². The Bertz CT molecular complexity index is 79.0. The van der Waals surface area contributed by atoms with Crippen LogP contribution in [-0.2, 0) is 21.1 Å². The second-order valence-electron chi connectivity index (χ2n) is 0.788. The van der Waals surface area contributed by atoms with Gasteiger partial charge in [0.1, 0.15) is 0 Å². The first-order valence-corrected chi connectivity index (χ1v) is 1.84. The van der Waals surface area contributed by atoms with E-state index in [1.807, 2.05) is 0 Å². The summed E-state index contributed by atoms with van der Waals surface area (Å²) in [4.78, 5) is 3.36. The molecule has 0 aromatic carbocycles. The van der Waals surface area contributed by atoms with Crippen LogP contribution < -0.4 is 0 Å². The summed E-state index contributed by atoms with van der Waals surface area (Å²) >= 11 is 4.19. The molecule has 0 saturated carbocycles. The Labute approximate surface area is 64.3 Å². The minimum atomic E-state index is -0.442. The fraction of sp³-hybridized carbons (Fsp3) is 0.333. The van der Waals surface area contributed by atoms with Gasteiger partial charge in [0.25, 0.3) is 0 Å². The largest absolute Gasteiger partial charge is 0.327 e. The van der Waals surface area contributed by atoms with Crippen molar-refractivity contribution in [2.75, 3.05) is 0 Å². The molecule has 36 valence electrons. The molecular formula is C3H3BNSW-. The van der Waals surface area contributed by atoms with Gasteiger partial charge in [0.05, 0.1) is 13.0 Å². The van der Waals surface area contributed by atoms with E-state index in [1.165, 1.54) is 0 Å². The molecule has 2 radical (unpaired) electrons. The fourth-order valence-corrected chi connectivity index (χ4v) is 0.203. The van der Waals surface area contributed by atoms with Crippen molar-refractivity contribution < 1.29 is 21.1 Å². The number of nitrogens with zero attached hydrogens (tertiary/aromatic N) is 1. The first-order chi connectivity index (χ1) is 2.77. The van der Waals surface area contributed by atoms with Gasteiger partial charge in [0.15, 0.2) is 0 Å². The second-order valence-corrected chi connectivity index (χ2v) is 0.970. The Hall–Kier alpha value is 0.553. The van der Waals surface area contributed by atoms with Gasteiger partial charge in [-0.2, -0.15) is 0 Å². The van der Waals surface area contributed by atoms with Crippen LogP contribution in [0.5, 0.6) is 0 Å². The molecule has 0 aromatic heterocycles. The van der Waals surface area contributed by atoms with E-state index in [9.17, 15) is 0 Å². The van der Waals surface area contributed by atoms with Gasteiger partial charge >= 0.3 is 0 Å². The second kappa shape index (κ2) is 6.55. The van der Waals surface area contributed by atoms with Crippen molar-refractivity contribution in [3.8, 4) is 0 Å². The van der Waals surface area contributed by atoms with Gasteiger partial charge in [-0.1, -0.05) is 5.94 Å². The summed E-state index contributed by atoms with van der Waals surface area (Å²) in [5.41, 5.74) is 0. The van der Waals surface area contributed by atoms with E-state index in [2.05, 4.69) is 29.3 Å². The smallest absolute Gasteiger partial charge is 0.0570 e. The van der Waals surface area contributed by atoms with Crippen LogP contribution in [-0.4, -0.2) is 18.9 Å². The molecule has 0 aliphatic rings. The van der Waals surface area contributed by atoms with Crippen molar-refractivity contribution in [2.24, 2.45) is 4.99 Å². The SMILES string of the molecule is [B]C([CH2-])N=C=S.[W]. The molecule has 0 amide bonds. The van der Waals surface area contributed by atoms with E-state index < -0.39 is 5.94 Å². The van der Waals surface area contributed by atoms with Crippen LogP contribution in [0.3, 0.4) is 0 Å². The Kier molecular flexibility index (Phi) is 9.85. The van der Waals surface area contributed by atoms with E-state index in [0.29, 0.717) is 0 Å². The van der Waals surface area contributed by atoms with Crippen molar-refractivity contribution in [2.45, 2.75) is 5.94 Å². The summed E-state index contributed by atoms with van der Waals surface area (Å²) in [6.45, 7) is 3.31. The Morgan fingerprint density at radius 1 is 1.86 bits per heavy atom. The van der Waals surface area contributed by atoms with Crippen molar-refractivity contribution in [1.29, 1.82) is 0 Å². The van der Waals surface area contributed by atoms with Gasteiger partial charge in [-0.3, -0.25) is 4.99 Å². The van der Waals surface area contributed by atoms with Gasteiger partial charge in [0.2, 0.25) is 0 Å². The van der Waals surface area contributed by atoms with Gasteiger partial charge < -0.3 is 6.92 Å². The summed E-state index contributed by atoms with van der Waals surface area (Å²) in [5, 5.41) is 2.09. The minimum Gasteiger partial charge on any atom is -0.327 e. The molecule has 0 aliphatic heterocycles. The number of rotatable bonds is 1.